The molecule has 166 valence electrons. The Kier molecular flexibility index (Phi) is 13.2. The van der Waals surface area contributed by atoms with Crippen LogP contribution in [0.25, 0.3) is 0 Å². The standard InChI is InChI=1S/C22H36ClN3O2.HI/c1-4-24-21(25-11-6-12-28-20-9-13-27-14-10-20)26-17-22(2,3)16-18-7-5-8-19(23)15-18;/h5,7-8,15,20H,4,6,9-14,16-17H2,1-3H3,(H2,24,25,26);1H. The van der Waals surface area contributed by atoms with Gasteiger partial charge in [-0.2, -0.15) is 0 Å². The second-order valence-electron chi connectivity index (χ2n) is 8.13. The van der Waals surface area contributed by atoms with E-state index < -0.39 is 0 Å². The molecule has 0 aromatic heterocycles. The number of guanidine groups is 1. The van der Waals surface area contributed by atoms with Crippen LogP contribution in [-0.4, -0.2) is 51.5 Å². The fourth-order valence-corrected chi connectivity index (χ4v) is 3.47. The van der Waals surface area contributed by atoms with Gasteiger partial charge in [-0.15, -0.1) is 24.0 Å². The predicted molar refractivity (Wildman–Crippen MR) is 133 cm³/mol. The monoisotopic (exact) mass is 537 g/mol. The average Bonchev–Trinajstić information content (AvgIpc) is 2.66. The van der Waals surface area contributed by atoms with Gasteiger partial charge in [0.15, 0.2) is 5.96 Å². The smallest absolute Gasteiger partial charge is 0.191 e. The molecule has 0 unspecified atom stereocenters. The molecule has 29 heavy (non-hydrogen) atoms. The molecule has 1 aromatic rings. The summed E-state index contributed by atoms with van der Waals surface area (Å²) in [5.74, 6) is 0.868. The van der Waals surface area contributed by atoms with Crippen molar-refractivity contribution in [2.75, 3.05) is 39.5 Å². The number of aliphatic imine (C=N–C) groups is 1. The van der Waals surface area contributed by atoms with Crippen molar-refractivity contribution in [2.24, 2.45) is 10.4 Å². The normalized spacial score (nSPS) is 15.7. The highest BCUT2D eigenvalue weighted by Crippen LogP contribution is 2.24. The van der Waals surface area contributed by atoms with Crippen molar-refractivity contribution in [1.29, 1.82) is 0 Å². The summed E-state index contributed by atoms with van der Waals surface area (Å²) in [7, 11) is 0. The Labute approximate surface area is 198 Å². The van der Waals surface area contributed by atoms with Crippen LogP contribution in [0.15, 0.2) is 29.3 Å². The van der Waals surface area contributed by atoms with Gasteiger partial charge in [0.1, 0.15) is 0 Å². The minimum atomic E-state index is 0. The molecule has 5 nitrogen and oxygen atoms in total. The number of halogens is 2. The Morgan fingerprint density at radius 1 is 1.28 bits per heavy atom. The van der Waals surface area contributed by atoms with E-state index in [1.807, 2.05) is 18.2 Å². The molecule has 0 spiro atoms. The lowest BCUT2D eigenvalue weighted by Gasteiger charge is -2.24. The molecule has 1 aromatic carbocycles. The number of hydrogen-bond donors (Lipinski definition) is 2. The quantitative estimate of drug-likeness (QED) is 0.197. The van der Waals surface area contributed by atoms with Crippen molar-refractivity contribution in [2.45, 2.75) is 52.6 Å². The summed E-state index contributed by atoms with van der Waals surface area (Å²) in [6.45, 7) is 11.4. The van der Waals surface area contributed by atoms with E-state index in [1.165, 1.54) is 5.56 Å². The van der Waals surface area contributed by atoms with Gasteiger partial charge in [0.05, 0.1) is 6.10 Å². The van der Waals surface area contributed by atoms with Gasteiger partial charge in [-0.1, -0.05) is 37.6 Å². The summed E-state index contributed by atoms with van der Waals surface area (Å²) in [4.78, 5) is 4.80. The number of benzene rings is 1. The van der Waals surface area contributed by atoms with Gasteiger partial charge < -0.3 is 20.1 Å². The molecule has 0 saturated carbocycles. The summed E-state index contributed by atoms with van der Waals surface area (Å²) < 4.78 is 11.3. The van der Waals surface area contributed by atoms with Crippen molar-refractivity contribution in [3.8, 4) is 0 Å². The lowest BCUT2D eigenvalue weighted by Crippen LogP contribution is -2.39. The molecule has 0 amide bonds. The van der Waals surface area contributed by atoms with E-state index in [-0.39, 0.29) is 29.4 Å². The first-order valence-electron chi connectivity index (χ1n) is 10.4. The van der Waals surface area contributed by atoms with Crippen LogP contribution < -0.4 is 10.6 Å². The molecular weight excluding hydrogens is 501 g/mol. The molecule has 1 heterocycles. The van der Waals surface area contributed by atoms with Crippen molar-refractivity contribution < 1.29 is 9.47 Å². The average molecular weight is 538 g/mol. The Morgan fingerprint density at radius 3 is 2.72 bits per heavy atom. The van der Waals surface area contributed by atoms with E-state index in [9.17, 15) is 0 Å². The van der Waals surface area contributed by atoms with Gasteiger partial charge in [0, 0.05) is 44.5 Å². The fourth-order valence-electron chi connectivity index (χ4n) is 3.26. The second kappa shape index (κ2) is 14.4. The van der Waals surface area contributed by atoms with Crippen LogP contribution >= 0.6 is 35.6 Å². The van der Waals surface area contributed by atoms with Gasteiger partial charge in [-0.3, -0.25) is 4.99 Å². The van der Waals surface area contributed by atoms with E-state index >= 15 is 0 Å². The van der Waals surface area contributed by atoms with Gasteiger partial charge in [-0.25, -0.2) is 0 Å². The number of nitrogens with zero attached hydrogens (tertiary/aromatic N) is 1. The Balaban J connectivity index is 0.00000420. The van der Waals surface area contributed by atoms with Crippen LogP contribution in [0.2, 0.25) is 5.02 Å². The van der Waals surface area contributed by atoms with Gasteiger partial charge >= 0.3 is 0 Å². The van der Waals surface area contributed by atoms with E-state index in [0.717, 1.165) is 76.1 Å². The van der Waals surface area contributed by atoms with E-state index in [2.05, 4.69) is 37.5 Å². The molecule has 1 aliphatic rings. The highest BCUT2D eigenvalue weighted by molar-refractivity contribution is 14.0. The highest BCUT2D eigenvalue weighted by atomic mass is 127. The third kappa shape index (κ3) is 11.4. The van der Waals surface area contributed by atoms with E-state index in [0.29, 0.717) is 6.10 Å². The molecule has 2 rings (SSSR count). The maximum atomic E-state index is 6.11. The van der Waals surface area contributed by atoms with Gasteiger partial charge in [0.25, 0.3) is 0 Å². The zero-order valence-electron chi connectivity index (χ0n) is 18.0. The van der Waals surface area contributed by atoms with Gasteiger partial charge in [-0.05, 0) is 55.7 Å². The van der Waals surface area contributed by atoms with E-state index in [1.54, 1.807) is 0 Å². The van der Waals surface area contributed by atoms with Crippen molar-refractivity contribution in [3.63, 3.8) is 0 Å². The molecule has 1 fully saturated rings. The summed E-state index contributed by atoms with van der Waals surface area (Å²) in [5, 5.41) is 7.53. The molecule has 0 radical (unpaired) electrons. The van der Waals surface area contributed by atoms with Crippen LogP contribution in [0.4, 0.5) is 0 Å². The summed E-state index contributed by atoms with van der Waals surface area (Å²) in [6, 6.07) is 8.08. The molecule has 1 saturated heterocycles. The SMILES string of the molecule is CCNC(=NCC(C)(C)Cc1cccc(Cl)c1)NCCCOC1CCOCC1.I. The topological polar surface area (TPSA) is 54.9 Å². The minimum Gasteiger partial charge on any atom is -0.381 e. The highest BCUT2D eigenvalue weighted by Gasteiger charge is 2.19. The Bertz CT molecular complexity index is 607. The van der Waals surface area contributed by atoms with Crippen molar-refractivity contribution in [1.82, 2.24) is 10.6 Å². The summed E-state index contributed by atoms with van der Waals surface area (Å²) in [6.07, 6.45) is 4.30. The first-order chi connectivity index (χ1) is 13.5. The molecular formula is C22H37ClIN3O2. The Hall–Kier alpha value is -0.570. The van der Waals surface area contributed by atoms with Crippen LogP contribution in [0, 0.1) is 5.41 Å². The van der Waals surface area contributed by atoms with Crippen LogP contribution in [0.5, 0.6) is 0 Å². The zero-order valence-corrected chi connectivity index (χ0v) is 21.1. The molecule has 1 aliphatic heterocycles. The first-order valence-corrected chi connectivity index (χ1v) is 10.8. The zero-order chi connectivity index (χ0) is 20.2. The van der Waals surface area contributed by atoms with Crippen molar-refractivity contribution >= 4 is 41.5 Å². The van der Waals surface area contributed by atoms with Gasteiger partial charge in [0.2, 0.25) is 0 Å². The summed E-state index contributed by atoms with van der Waals surface area (Å²) in [5.41, 5.74) is 1.30. The molecule has 0 aliphatic carbocycles. The Morgan fingerprint density at radius 2 is 2.03 bits per heavy atom. The lowest BCUT2D eigenvalue weighted by molar-refractivity contribution is -0.0320. The molecule has 0 bridgehead atoms. The molecule has 7 heteroatoms. The fraction of sp³-hybridized carbons (Fsp3) is 0.682. The lowest BCUT2D eigenvalue weighted by atomic mass is 9.86. The maximum Gasteiger partial charge on any atom is 0.191 e. The van der Waals surface area contributed by atoms with E-state index in [4.69, 9.17) is 26.1 Å². The van der Waals surface area contributed by atoms with Crippen LogP contribution in [0.3, 0.4) is 0 Å². The number of nitrogens with one attached hydrogen (secondary N) is 2. The molecule has 2 N–H and O–H groups in total. The predicted octanol–water partition coefficient (Wildman–Crippen LogP) is 4.67. The number of ether oxygens (including phenoxy) is 2. The summed E-state index contributed by atoms with van der Waals surface area (Å²) >= 11 is 6.11. The number of hydrogen-bond acceptors (Lipinski definition) is 3. The number of rotatable bonds is 10. The van der Waals surface area contributed by atoms with Crippen molar-refractivity contribution in [3.05, 3.63) is 34.9 Å². The maximum absolute atomic E-state index is 6.11. The third-order valence-electron chi connectivity index (χ3n) is 4.72. The first kappa shape index (κ1) is 26.5. The molecule has 0 atom stereocenters. The van der Waals surface area contributed by atoms with Crippen LogP contribution in [-0.2, 0) is 15.9 Å². The second-order valence-corrected chi connectivity index (χ2v) is 8.57. The minimum absolute atomic E-state index is 0. The third-order valence-corrected chi connectivity index (χ3v) is 4.95. The largest absolute Gasteiger partial charge is 0.381 e. The van der Waals surface area contributed by atoms with Crippen LogP contribution in [0.1, 0.15) is 45.6 Å².